The van der Waals surface area contributed by atoms with Crippen LogP contribution < -0.4 is 20.4 Å². The second-order valence-electron chi connectivity index (χ2n) is 7.49. The van der Waals surface area contributed by atoms with Crippen LogP contribution in [0.25, 0.3) is 0 Å². The summed E-state index contributed by atoms with van der Waals surface area (Å²) < 4.78 is 0. The number of nitrogens with one attached hydrogen (secondary N) is 4. The van der Waals surface area contributed by atoms with Gasteiger partial charge in [-0.2, -0.15) is 0 Å². The molecular formula is C22H30N4O2+2. The molecule has 148 valence electrons. The Morgan fingerprint density at radius 2 is 1.71 bits per heavy atom. The molecule has 1 atom stereocenters. The SMILES string of the molecule is CNC(=O)NC(=O)[C@H](c1ccccc1)[NH+]1CC[NH+](Cc2cccc(C)c2)CC1. The smallest absolute Gasteiger partial charge is 0.321 e. The molecule has 0 saturated carbocycles. The molecule has 3 rings (SSSR count). The quantitative estimate of drug-likeness (QED) is 0.562. The van der Waals surface area contributed by atoms with Crippen LogP contribution in [0.5, 0.6) is 0 Å². The van der Waals surface area contributed by atoms with Crippen molar-refractivity contribution < 1.29 is 19.4 Å². The summed E-state index contributed by atoms with van der Waals surface area (Å²) >= 11 is 0. The highest BCUT2D eigenvalue weighted by Crippen LogP contribution is 2.10. The topological polar surface area (TPSA) is 67.1 Å². The molecule has 0 unspecified atom stereocenters. The maximum absolute atomic E-state index is 12.8. The van der Waals surface area contributed by atoms with E-state index in [1.54, 1.807) is 0 Å². The van der Waals surface area contributed by atoms with Crippen molar-refractivity contribution in [3.05, 3.63) is 71.3 Å². The molecule has 1 aliphatic rings. The van der Waals surface area contributed by atoms with Crippen LogP contribution in [0.2, 0.25) is 0 Å². The molecule has 1 heterocycles. The van der Waals surface area contributed by atoms with E-state index in [9.17, 15) is 9.59 Å². The van der Waals surface area contributed by atoms with Crippen molar-refractivity contribution in [3.8, 4) is 0 Å². The molecule has 2 aromatic carbocycles. The summed E-state index contributed by atoms with van der Waals surface area (Å²) in [6, 6.07) is 17.6. The van der Waals surface area contributed by atoms with Gasteiger partial charge in [-0.05, 0) is 6.92 Å². The third-order valence-electron chi connectivity index (χ3n) is 5.40. The van der Waals surface area contributed by atoms with Gasteiger partial charge in [0, 0.05) is 18.2 Å². The predicted molar refractivity (Wildman–Crippen MR) is 108 cm³/mol. The molecule has 4 N–H and O–H groups in total. The van der Waals surface area contributed by atoms with Gasteiger partial charge in [-0.25, -0.2) is 4.79 Å². The first kappa shape index (κ1) is 20.0. The highest BCUT2D eigenvalue weighted by Gasteiger charge is 2.36. The molecule has 1 fully saturated rings. The van der Waals surface area contributed by atoms with Crippen LogP contribution in [0.3, 0.4) is 0 Å². The lowest BCUT2D eigenvalue weighted by Crippen LogP contribution is -3.28. The summed E-state index contributed by atoms with van der Waals surface area (Å²) in [6.07, 6.45) is 0. The Morgan fingerprint density at radius 3 is 2.36 bits per heavy atom. The van der Waals surface area contributed by atoms with E-state index in [2.05, 4.69) is 41.8 Å². The van der Waals surface area contributed by atoms with Crippen molar-refractivity contribution >= 4 is 11.9 Å². The monoisotopic (exact) mass is 382 g/mol. The summed E-state index contributed by atoms with van der Waals surface area (Å²) in [4.78, 5) is 27.2. The van der Waals surface area contributed by atoms with E-state index in [1.807, 2.05) is 30.3 Å². The summed E-state index contributed by atoms with van der Waals surface area (Å²) in [7, 11) is 1.51. The van der Waals surface area contributed by atoms with Crippen LogP contribution in [0.1, 0.15) is 22.7 Å². The second-order valence-corrected chi connectivity index (χ2v) is 7.49. The molecule has 2 aromatic rings. The second kappa shape index (κ2) is 9.48. The van der Waals surface area contributed by atoms with Crippen molar-refractivity contribution in [1.82, 2.24) is 10.6 Å². The zero-order valence-electron chi connectivity index (χ0n) is 16.6. The molecule has 0 aromatic heterocycles. The Bertz CT molecular complexity index is 801. The number of quaternary nitrogens is 2. The maximum atomic E-state index is 12.8. The van der Waals surface area contributed by atoms with Crippen molar-refractivity contribution in [2.75, 3.05) is 33.2 Å². The molecule has 6 heteroatoms. The molecule has 1 aliphatic heterocycles. The minimum absolute atomic E-state index is 0.248. The summed E-state index contributed by atoms with van der Waals surface area (Å²) in [5.41, 5.74) is 3.59. The summed E-state index contributed by atoms with van der Waals surface area (Å²) in [5.74, 6) is -0.248. The predicted octanol–water partition coefficient (Wildman–Crippen LogP) is -0.525. The van der Waals surface area contributed by atoms with E-state index in [1.165, 1.54) is 28.0 Å². The molecule has 1 saturated heterocycles. The number of benzene rings is 2. The van der Waals surface area contributed by atoms with E-state index in [-0.39, 0.29) is 11.9 Å². The van der Waals surface area contributed by atoms with Crippen LogP contribution in [0.4, 0.5) is 4.79 Å². The Labute approximate surface area is 166 Å². The lowest BCUT2D eigenvalue weighted by atomic mass is 10.0. The number of rotatable bonds is 5. The normalized spacial score (nSPS) is 20.2. The molecule has 6 nitrogen and oxygen atoms in total. The first-order valence-corrected chi connectivity index (χ1v) is 9.88. The molecule has 3 amide bonds. The van der Waals surface area contributed by atoms with Gasteiger partial charge in [0.2, 0.25) is 0 Å². The number of urea groups is 1. The Morgan fingerprint density at radius 1 is 1.00 bits per heavy atom. The molecular weight excluding hydrogens is 352 g/mol. The van der Waals surface area contributed by atoms with Gasteiger partial charge >= 0.3 is 6.03 Å². The number of amides is 3. The van der Waals surface area contributed by atoms with E-state index in [4.69, 9.17) is 0 Å². The zero-order valence-corrected chi connectivity index (χ0v) is 16.6. The third-order valence-corrected chi connectivity index (χ3v) is 5.40. The summed E-state index contributed by atoms with van der Waals surface area (Å²) in [5, 5.41) is 4.93. The van der Waals surface area contributed by atoms with Crippen LogP contribution in [-0.2, 0) is 11.3 Å². The number of aryl methyl sites for hydroxylation is 1. The first-order valence-electron chi connectivity index (χ1n) is 9.88. The van der Waals surface area contributed by atoms with Crippen LogP contribution in [0.15, 0.2) is 54.6 Å². The standard InChI is InChI=1S/C22H28N4O2/c1-17-7-6-8-18(15-17)16-25-11-13-26(14-12-25)20(19-9-4-3-5-10-19)21(27)24-22(28)23-2/h3-10,15,20H,11-14,16H2,1-2H3,(H2,23,24,27,28)/p+2/t20-/m0/s1. The van der Waals surface area contributed by atoms with Gasteiger partial charge in [0.25, 0.3) is 5.91 Å². The van der Waals surface area contributed by atoms with Crippen molar-refractivity contribution in [1.29, 1.82) is 0 Å². The van der Waals surface area contributed by atoms with E-state index in [0.717, 1.165) is 38.3 Å². The fraction of sp³-hybridized carbons (Fsp3) is 0.364. The number of hydrogen-bond donors (Lipinski definition) is 4. The van der Waals surface area contributed by atoms with Gasteiger partial charge in [-0.3, -0.25) is 10.1 Å². The molecule has 0 spiro atoms. The fourth-order valence-electron chi connectivity index (χ4n) is 3.97. The Kier molecular flexibility index (Phi) is 6.79. The van der Waals surface area contributed by atoms with E-state index < -0.39 is 6.03 Å². The lowest BCUT2D eigenvalue weighted by Gasteiger charge is -2.34. The van der Waals surface area contributed by atoms with Crippen LogP contribution in [-0.4, -0.2) is 45.2 Å². The summed E-state index contributed by atoms with van der Waals surface area (Å²) in [6.45, 7) is 6.91. The largest absolute Gasteiger partial charge is 0.341 e. The van der Waals surface area contributed by atoms with Crippen LogP contribution in [0, 0.1) is 6.92 Å². The zero-order chi connectivity index (χ0) is 19.9. The Hall–Kier alpha value is -2.70. The number of carbonyl (C=O) groups excluding carboxylic acids is 2. The van der Waals surface area contributed by atoms with Gasteiger partial charge in [-0.15, -0.1) is 0 Å². The first-order chi connectivity index (χ1) is 13.6. The minimum atomic E-state index is -0.464. The van der Waals surface area contributed by atoms with Gasteiger partial charge in [0.1, 0.15) is 32.7 Å². The van der Waals surface area contributed by atoms with Gasteiger partial charge < -0.3 is 15.1 Å². The Balaban J connectivity index is 1.67. The van der Waals surface area contributed by atoms with Crippen molar-refractivity contribution in [3.63, 3.8) is 0 Å². The lowest BCUT2D eigenvalue weighted by molar-refractivity contribution is -1.03. The molecule has 0 bridgehead atoms. The number of carbonyl (C=O) groups is 2. The number of piperazine rings is 1. The highest BCUT2D eigenvalue weighted by atomic mass is 16.2. The van der Waals surface area contributed by atoms with Gasteiger partial charge in [0.05, 0.1) is 0 Å². The molecule has 0 aliphatic carbocycles. The highest BCUT2D eigenvalue weighted by molar-refractivity contribution is 5.96. The third kappa shape index (κ3) is 5.18. The van der Waals surface area contributed by atoms with Gasteiger partial charge in [-0.1, -0.05) is 60.2 Å². The fourth-order valence-corrected chi connectivity index (χ4v) is 3.97. The van der Waals surface area contributed by atoms with Gasteiger partial charge in [0.15, 0.2) is 6.04 Å². The molecule has 28 heavy (non-hydrogen) atoms. The number of imide groups is 1. The van der Waals surface area contributed by atoms with E-state index in [0.29, 0.717) is 0 Å². The minimum Gasteiger partial charge on any atom is -0.341 e. The molecule has 0 radical (unpaired) electrons. The van der Waals surface area contributed by atoms with Crippen molar-refractivity contribution in [2.24, 2.45) is 0 Å². The maximum Gasteiger partial charge on any atom is 0.321 e. The average molecular weight is 383 g/mol. The number of hydrogen-bond acceptors (Lipinski definition) is 2. The van der Waals surface area contributed by atoms with Crippen LogP contribution >= 0.6 is 0 Å². The average Bonchev–Trinajstić information content (AvgIpc) is 2.70. The van der Waals surface area contributed by atoms with E-state index >= 15 is 0 Å². The van der Waals surface area contributed by atoms with Crippen molar-refractivity contribution in [2.45, 2.75) is 19.5 Å².